The number of hydrogen-bond acceptors (Lipinski definition) is 2. The van der Waals surface area contributed by atoms with Gasteiger partial charge in [-0.2, -0.15) is 0 Å². The Hall–Kier alpha value is -0.770. The predicted molar refractivity (Wildman–Crippen MR) is 72.3 cm³/mol. The second kappa shape index (κ2) is 5.25. The van der Waals surface area contributed by atoms with Gasteiger partial charge in [-0.1, -0.05) is 45.2 Å². The average Bonchev–Trinajstić information content (AvgIpc) is 2.77. The van der Waals surface area contributed by atoms with Crippen molar-refractivity contribution in [1.29, 1.82) is 0 Å². The summed E-state index contributed by atoms with van der Waals surface area (Å²) in [6.45, 7) is 0. The third-order valence-corrected chi connectivity index (χ3v) is 3.35. The van der Waals surface area contributed by atoms with E-state index < -0.39 is 0 Å². The molecule has 0 fully saturated rings. The molecule has 2 aromatic rings. The van der Waals surface area contributed by atoms with E-state index in [1.165, 1.54) is 0 Å². The molecule has 0 saturated carbocycles. The summed E-state index contributed by atoms with van der Waals surface area (Å²) in [6.07, 6.45) is 0. The highest BCUT2D eigenvalue weighted by Gasteiger charge is 2.15. The lowest BCUT2D eigenvalue weighted by Crippen LogP contribution is -1.96. The summed E-state index contributed by atoms with van der Waals surface area (Å²) in [4.78, 5) is 11.4. The van der Waals surface area contributed by atoms with E-state index in [2.05, 4.69) is 15.9 Å². The van der Waals surface area contributed by atoms with Gasteiger partial charge in [0.1, 0.15) is 5.76 Å². The molecule has 0 N–H and O–H groups in total. The second-order valence-corrected chi connectivity index (χ2v) is 4.69. The normalized spacial score (nSPS) is 10.5. The zero-order valence-electron chi connectivity index (χ0n) is 8.54. The van der Waals surface area contributed by atoms with Crippen LogP contribution in [0.1, 0.15) is 10.6 Å². The van der Waals surface area contributed by atoms with Crippen LogP contribution in [-0.2, 0) is 0 Å². The number of Topliss-reactive ketones (excluding diaryl/α,β-unsaturated/α-hetero) is 1. The fourth-order valence-electron chi connectivity index (χ4n) is 1.42. The van der Waals surface area contributed by atoms with Gasteiger partial charge >= 0.3 is 0 Å². The maximum Gasteiger partial charge on any atom is 0.208 e. The first kappa shape index (κ1) is 12.7. The van der Waals surface area contributed by atoms with Crippen molar-refractivity contribution in [1.82, 2.24) is 0 Å². The van der Waals surface area contributed by atoms with Crippen molar-refractivity contribution < 1.29 is 9.21 Å². The van der Waals surface area contributed by atoms with Crippen molar-refractivity contribution in [3.63, 3.8) is 0 Å². The SMILES string of the molecule is O=C(CBr)c1ccc(-c2c(Cl)cccc2Cl)o1. The number of rotatable bonds is 3. The molecule has 0 amide bonds. The molecule has 0 aliphatic carbocycles. The molecule has 5 heteroatoms. The molecule has 0 spiro atoms. The highest BCUT2D eigenvalue weighted by atomic mass is 79.9. The lowest BCUT2D eigenvalue weighted by Gasteiger charge is -2.02. The maximum atomic E-state index is 11.4. The van der Waals surface area contributed by atoms with Crippen LogP contribution in [0.15, 0.2) is 34.7 Å². The van der Waals surface area contributed by atoms with E-state index in [9.17, 15) is 4.79 Å². The van der Waals surface area contributed by atoms with Crippen LogP contribution in [0.4, 0.5) is 0 Å². The van der Waals surface area contributed by atoms with E-state index in [4.69, 9.17) is 27.6 Å². The molecule has 88 valence electrons. The fourth-order valence-corrected chi connectivity index (χ4v) is 2.28. The van der Waals surface area contributed by atoms with Crippen molar-refractivity contribution in [2.45, 2.75) is 0 Å². The molecule has 2 nitrogen and oxygen atoms in total. The van der Waals surface area contributed by atoms with Gasteiger partial charge in [0.05, 0.1) is 20.9 Å². The summed E-state index contributed by atoms with van der Waals surface area (Å²) in [7, 11) is 0. The van der Waals surface area contributed by atoms with Gasteiger partial charge in [0, 0.05) is 0 Å². The Morgan fingerprint density at radius 3 is 2.41 bits per heavy atom. The molecule has 2 rings (SSSR count). The summed E-state index contributed by atoms with van der Waals surface area (Å²) in [5.74, 6) is 0.650. The summed E-state index contributed by atoms with van der Waals surface area (Å²) in [5.41, 5.74) is 0.601. The average molecular weight is 334 g/mol. The van der Waals surface area contributed by atoms with Gasteiger partial charge in [0.25, 0.3) is 0 Å². The lowest BCUT2D eigenvalue weighted by molar-refractivity contribution is 0.0994. The van der Waals surface area contributed by atoms with E-state index >= 15 is 0 Å². The number of benzene rings is 1. The third kappa shape index (κ3) is 2.57. The van der Waals surface area contributed by atoms with E-state index in [-0.39, 0.29) is 16.9 Å². The van der Waals surface area contributed by atoms with E-state index in [0.29, 0.717) is 21.4 Å². The smallest absolute Gasteiger partial charge is 0.208 e. The Morgan fingerprint density at radius 2 is 1.82 bits per heavy atom. The number of furan rings is 1. The molecule has 17 heavy (non-hydrogen) atoms. The van der Waals surface area contributed by atoms with Gasteiger partial charge in [0.2, 0.25) is 5.78 Å². The Morgan fingerprint density at radius 1 is 1.18 bits per heavy atom. The summed E-state index contributed by atoms with van der Waals surface area (Å²) < 4.78 is 5.44. The third-order valence-electron chi connectivity index (χ3n) is 2.21. The number of ketones is 1. The highest BCUT2D eigenvalue weighted by molar-refractivity contribution is 9.09. The van der Waals surface area contributed by atoms with Gasteiger partial charge in [-0.15, -0.1) is 0 Å². The Kier molecular flexibility index (Phi) is 3.92. The van der Waals surface area contributed by atoms with Gasteiger partial charge in [-0.25, -0.2) is 0 Å². The quantitative estimate of drug-likeness (QED) is 0.594. The maximum absolute atomic E-state index is 11.4. The molecule has 0 unspecified atom stereocenters. The van der Waals surface area contributed by atoms with Gasteiger partial charge in [0.15, 0.2) is 5.76 Å². The number of alkyl halides is 1. The van der Waals surface area contributed by atoms with Gasteiger partial charge in [-0.05, 0) is 24.3 Å². The van der Waals surface area contributed by atoms with E-state index in [0.717, 1.165) is 0 Å². The molecule has 0 bridgehead atoms. The van der Waals surface area contributed by atoms with Crippen molar-refractivity contribution in [3.05, 3.63) is 46.1 Å². The molecule has 0 radical (unpaired) electrons. The number of carbonyl (C=O) groups excluding carboxylic acids is 1. The molecule has 1 heterocycles. The molecule has 1 aromatic carbocycles. The Balaban J connectivity index is 2.47. The lowest BCUT2D eigenvalue weighted by atomic mass is 10.2. The summed E-state index contributed by atoms with van der Waals surface area (Å²) >= 11 is 15.2. The van der Waals surface area contributed by atoms with Crippen LogP contribution in [0.3, 0.4) is 0 Å². The van der Waals surface area contributed by atoms with Crippen LogP contribution >= 0.6 is 39.1 Å². The summed E-state index contributed by atoms with van der Waals surface area (Å²) in [5, 5.41) is 1.20. The molecular weight excluding hydrogens is 327 g/mol. The summed E-state index contributed by atoms with van der Waals surface area (Å²) in [6, 6.07) is 8.48. The highest BCUT2D eigenvalue weighted by Crippen LogP contribution is 2.35. The first-order valence-corrected chi connectivity index (χ1v) is 6.64. The van der Waals surface area contributed by atoms with Crippen LogP contribution in [-0.4, -0.2) is 11.1 Å². The second-order valence-electron chi connectivity index (χ2n) is 3.32. The molecular formula is C12H7BrCl2O2. The van der Waals surface area contributed by atoms with Crippen molar-refractivity contribution in [2.24, 2.45) is 0 Å². The Bertz CT molecular complexity index is 543. The molecule has 0 aliphatic rings. The van der Waals surface area contributed by atoms with E-state index in [1.807, 2.05) is 0 Å². The van der Waals surface area contributed by atoms with Crippen LogP contribution in [0.5, 0.6) is 0 Å². The van der Waals surface area contributed by atoms with Crippen molar-refractivity contribution >= 4 is 44.9 Å². The zero-order valence-corrected chi connectivity index (χ0v) is 11.6. The fraction of sp³-hybridized carbons (Fsp3) is 0.0833. The number of hydrogen-bond donors (Lipinski definition) is 0. The molecule has 0 saturated heterocycles. The molecule has 0 aliphatic heterocycles. The minimum absolute atomic E-state index is 0.126. The topological polar surface area (TPSA) is 30.2 Å². The van der Waals surface area contributed by atoms with Crippen molar-refractivity contribution in [2.75, 3.05) is 5.33 Å². The monoisotopic (exact) mass is 332 g/mol. The van der Waals surface area contributed by atoms with Crippen LogP contribution in [0.25, 0.3) is 11.3 Å². The first-order chi connectivity index (χ1) is 8.13. The van der Waals surface area contributed by atoms with Crippen LogP contribution in [0, 0.1) is 0 Å². The van der Waals surface area contributed by atoms with Crippen molar-refractivity contribution in [3.8, 4) is 11.3 Å². The largest absolute Gasteiger partial charge is 0.453 e. The molecule has 0 atom stereocenters. The molecule has 1 aromatic heterocycles. The number of halogens is 3. The minimum Gasteiger partial charge on any atom is -0.453 e. The van der Waals surface area contributed by atoms with E-state index in [1.54, 1.807) is 30.3 Å². The zero-order chi connectivity index (χ0) is 12.4. The minimum atomic E-state index is -0.126. The van der Waals surface area contributed by atoms with Crippen LogP contribution < -0.4 is 0 Å². The first-order valence-electron chi connectivity index (χ1n) is 4.77. The standard InChI is InChI=1S/C12H7BrCl2O2/c13-6-9(16)10-4-5-11(17-10)12-7(14)2-1-3-8(12)15/h1-5H,6H2. The number of carbonyl (C=O) groups is 1. The Labute approximate surface area is 117 Å². The predicted octanol–water partition coefficient (Wildman–Crippen LogP) is 4.83. The van der Waals surface area contributed by atoms with Crippen LogP contribution in [0.2, 0.25) is 10.0 Å². The van der Waals surface area contributed by atoms with Gasteiger partial charge in [-0.3, -0.25) is 4.79 Å². The van der Waals surface area contributed by atoms with Gasteiger partial charge < -0.3 is 4.42 Å².